The van der Waals surface area contributed by atoms with Gasteiger partial charge >= 0.3 is 11.8 Å². The number of hydrogen-bond donors (Lipinski definition) is 2. The molecule has 5 heteroatoms. The minimum Gasteiger partial charge on any atom is -0.341 e. The largest absolute Gasteiger partial charge is 0.341 e. The van der Waals surface area contributed by atoms with Gasteiger partial charge in [0.2, 0.25) is 0 Å². The van der Waals surface area contributed by atoms with Gasteiger partial charge in [-0.05, 0) is 25.0 Å². The second kappa shape index (κ2) is 6.52. The van der Waals surface area contributed by atoms with Crippen LogP contribution in [-0.2, 0) is 9.59 Å². The number of carbonyl (C=O) groups is 2. The van der Waals surface area contributed by atoms with Crippen LogP contribution in [0.5, 0.6) is 0 Å². The average molecular weight is 275 g/mol. The predicted octanol–water partition coefficient (Wildman–Crippen LogP) is 0.604. The third-order valence-corrected chi connectivity index (χ3v) is 3.60. The van der Waals surface area contributed by atoms with Crippen molar-refractivity contribution in [3.8, 4) is 0 Å². The van der Waals surface area contributed by atoms with Gasteiger partial charge in [0, 0.05) is 26.2 Å². The van der Waals surface area contributed by atoms with Crippen LogP contribution in [0.15, 0.2) is 24.3 Å². The smallest absolute Gasteiger partial charge is 0.311 e. The summed E-state index contributed by atoms with van der Waals surface area (Å²) in [4.78, 5) is 25.6. The summed E-state index contributed by atoms with van der Waals surface area (Å²) >= 11 is 0. The van der Waals surface area contributed by atoms with Gasteiger partial charge in [-0.25, -0.2) is 0 Å². The van der Waals surface area contributed by atoms with Gasteiger partial charge < -0.3 is 15.5 Å². The van der Waals surface area contributed by atoms with E-state index in [-0.39, 0.29) is 6.04 Å². The summed E-state index contributed by atoms with van der Waals surface area (Å²) in [5.74, 6) is -0.963. The molecule has 1 saturated heterocycles. The standard InChI is InChI=1S/C15H21N3O2/c1-11-5-3-4-6-13(11)12(2)17-14(19)15(20)18-9-7-16-8-10-18/h3-6,12,16H,7-10H2,1-2H3,(H,17,19). The van der Waals surface area contributed by atoms with E-state index < -0.39 is 11.8 Å². The second-order valence-corrected chi connectivity index (χ2v) is 5.09. The predicted molar refractivity (Wildman–Crippen MR) is 77.2 cm³/mol. The van der Waals surface area contributed by atoms with Crippen molar-refractivity contribution in [2.75, 3.05) is 26.2 Å². The van der Waals surface area contributed by atoms with Crippen molar-refractivity contribution in [1.82, 2.24) is 15.5 Å². The molecule has 1 atom stereocenters. The van der Waals surface area contributed by atoms with E-state index in [1.165, 1.54) is 0 Å². The van der Waals surface area contributed by atoms with Crippen molar-refractivity contribution >= 4 is 11.8 Å². The number of aryl methyl sites for hydroxylation is 1. The van der Waals surface area contributed by atoms with E-state index in [9.17, 15) is 9.59 Å². The van der Waals surface area contributed by atoms with Gasteiger partial charge in [0.05, 0.1) is 6.04 Å². The van der Waals surface area contributed by atoms with Gasteiger partial charge in [0.25, 0.3) is 0 Å². The van der Waals surface area contributed by atoms with Gasteiger partial charge in [-0.3, -0.25) is 9.59 Å². The van der Waals surface area contributed by atoms with Crippen molar-refractivity contribution in [1.29, 1.82) is 0 Å². The quantitative estimate of drug-likeness (QED) is 0.777. The molecule has 0 bridgehead atoms. The molecule has 1 aromatic rings. The molecule has 0 aliphatic carbocycles. The summed E-state index contributed by atoms with van der Waals surface area (Å²) in [7, 11) is 0. The van der Waals surface area contributed by atoms with Crippen LogP contribution >= 0.6 is 0 Å². The Kier molecular flexibility index (Phi) is 4.74. The van der Waals surface area contributed by atoms with Gasteiger partial charge in [-0.1, -0.05) is 24.3 Å². The van der Waals surface area contributed by atoms with Crippen molar-refractivity contribution in [2.24, 2.45) is 0 Å². The Morgan fingerprint density at radius 1 is 1.25 bits per heavy atom. The summed E-state index contributed by atoms with van der Waals surface area (Å²) in [6.07, 6.45) is 0. The Labute approximate surface area is 119 Å². The van der Waals surface area contributed by atoms with Gasteiger partial charge in [-0.2, -0.15) is 0 Å². The molecule has 0 radical (unpaired) electrons. The first kappa shape index (κ1) is 14.5. The van der Waals surface area contributed by atoms with Crippen LogP contribution in [0.25, 0.3) is 0 Å². The van der Waals surface area contributed by atoms with Crippen LogP contribution in [-0.4, -0.2) is 42.9 Å². The zero-order valence-corrected chi connectivity index (χ0v) is 12.0. The number of nitrogens with zero attached hydrogens (tertiary/aromatic N) is 1. The Hall–Kier alpha value is -1.88. The van der Waals surface area contributed by atoms with Crippen LogP contribution in [0.3, 0.4) is 0 Å². The Morgan fingerprint density at radius 2 is 1.90 bits per heavy atom. The van der Waals surface area contributed by atoms with Crippen LogP contribution in [0, 0.1) is 6.92 Å². The van der Waals surface area contributed by atoms with E-state index in [2.05, 4.69) is 10.6 Å². The van der Waals surface area contributed by atoms with E-state index >= 15 is 0 Å². The highest BCUT2D eigenvalue weighted by Gasteiger charge is 2.24. The van der Waals surface area contributed by atoms with Crippen LogP contribution in [0.1, 0.15) is 24.1 Å². The topological polar surface area (TPSA) is 61.4 Å². The third-order valence-electron chi connectivity index (χ3n) is 3.60. The highest BCUT2D eigenvalue weighted by Crippen LogP contribution is 2.16. The maximum Gasteiger partial charge on any atom is 0.311 e. The van der Waals surface area contributed by atoms with Crippen molar-refractivity contribution < 1.29 is 9.59 Å². The number of piperazine rings is 1. The highest BCUT2D eigenvalue weighted by molar-refractivity contribution is 6.35. The number of carbonyl (C=O) groups excluding carboxylic acids is 2. The van der Waals surface area contributed by atoms with Crippen molar-refractivity contribution in [2.45, 2.75) is 19.9 Å². The molecule has 0 aromatic heterocycles. The minimum absolute atomic E-state index is 0.171. The van der Waals surface area contributed by atoms with Crippen molar-refractivity contribution in [3.63, 3.8) is 0 Å². The molecule has 2 amide bonds. The molecule has 1 aliphatic heterocycles. The number of nitrogens with one attached hydrogen (secondary N) is 2. The van der Waals surface area contributed by atoms with Gasteiger partial charge in [0.1, 0.15) is 0 Å². The van der Waals surface area contributed by atoms with Gasteiger partial charge in [0.15, 0.2) is 0 Å². The lowest BCUT2D eigenvalue weighted by Gasteiger charge is -2.27. The molecule has 1 fully saturated rings. The number of rotatable bonds is 2. The second-order valence-electron chi connectivity index (χ2n) is 5.09. The molecule has 1 unspecified atom stereocenters. The molecule has 1 aromatic carbocycles. The van der Waals surface area contributed by atoms with E-state index in [0.29, 0.717) is 13.1 Å². The fraction of sp³-hybridized carbons (Fsp3) is 0.467. The Morgan fingerprint density at radius 3 is 2.55 bits per heavy atom. The number of hydrogen-bond acceptors (Lipinski definition) is 3. The lowest BCUT2D eigenvalue weighted by molar-refractivity contribution is -0.146. The summed E-state index contributed by atoms with van der Waals surface area (Å²) in [5, 5.41) is 5.94. The van der Waals surface area contributed by atoms with E-state index in [1.54, 1.807) is 4.90 Å². The first-order valence-electron chi connectivity index (χ1n) is 6.95. The first-order chi connectivity index (χ1) is 9.59. The average Bonchev–Trinajstić information content (AvgIpc) is 2.47. The summed E-state index contributed by atoms with van der Waals surface area (Å²) in [5.41, 5.74) is 2.14. The summed E-state index contributed by atoms with van der Waals surface area (Å²) < 4.78 is 0. The molecular weight excluding hydrogens is 254 g/mol. The normalized spacial score (nSPS) is 16.6. The fourth-order valence-corrected chi connectivity index (χ4v) is 2.42. The first-order valence-corrected chi connectivity index (χ1v) is 6.95. The maximum atomic E-state index is 12.0. The number of amides is 2. The van der Waals surface area contributed by atoms with Gasteiger partial charge in [-0.15, -0.1) is 0 Å². The molecule has 20 heavy (non-hydrogen) atoms. The zero-order valence-electron chi connectivity index (χ0n) is 12.0. The van der Waals surface area contributed by atoms with E-state index in [0.717, 1.165) is 24.2 Å². The summed E-state index contributed by atoms with van der Waals surface area (Å²) in [6, 6.07) is 7.68. The Bertz CT molecular complexity index is 496. The molecule has 5 nitrogen and oxygen atoms in total. The zero-order chi connectivity index (χ0) is 14.5. The van der Waals surface area contributed by atoms with E-state index in [4.69, 9.17) is 0 Å². The monoisotopic (exact) mass is 275 g/mol. The minimum atomic E-state index is -0.525. The van der Waals surface area contributed by atoms with Crippen LogP contribution < -0.4 is 10.6 Å². The molecule has 2 rings (SSSR count). The lowest BCUT2D eigenvalue weighted by atomic mass is 10.0. The van der Waals surface area contributed by atoms with E-state index in [1.807, 2.05) is 38.1 Å². The molecular formula is C15H21N3O2. The Balaban J connectivity index is 1.97. The third kappa shape index (κ3) is 3.36. The van der Waals surface area contributed by atoms with Crippen LogP contribution in [0.2, 0.25) is 0 Å². The molecule has 2 N–H and O–H groups in total. The van der Waals surface area contributed by atoms with Crippen LogP contribution in [0.4, 0.5) is 0 Å². The SMILES string of the molecule is Cc1ccccc1C(C)NC(=O)C(=O)N1CCNCC1. The molecule has 1 heterocycles. The fourth-order valence-electron chi connectivity index (χ4n) is 2.42. The molecule has 0 saturated carbocycles. The molecule has 0 spiro atoms. The van der Waals surface area contributed by atoms with Crippen molar-refractivity contribution in [3.05, 3.63) is 35.4 Å². The molecule has 108 valence electrons. The maximum absolute atomic E-state index is 12.0. The molecule has 1 aliphatic rings. The number of benzene rings is 1. The summed E-state index contributed by atoms with van der Waals surface area (Å²) in [6.45, 7) is 6.55. The lowest BCUT2D eigenvalue weighted by Crippen LogP contribution is -2.51. The highest BCUT2D eigenvalue weighted by atomic mass is 16.2.